The van der Waals surface area contributed by atoms with Gasteiger partial charge in [-0.2, -0.15) is 13.2 Å². The van der Waals surface area contributed by atoms with Crippen LogP contribution >= 0.6 is 0 Å². The van der Waals surface area contributed by atoms with Crippen molar-refractivity contribution >= 4 is 16.7 Å². The van der Waals surface area contributed by atoms with Crippen LogP contribution in [0.5, 0.6) is 0 Å². The molecule has 8 heteroatoms. The number of benzene rings is 1. The van der Waals surface area contributed by atoms with E-state index < -0.39 is 11.9 Å². The zero-order valence-electron chi connectivity index (χ0n) is 18.5. The molecule has 0 spiro atoms. The minimum Gasteiger partial charge on any atom is -0.367 e. The first-order valence-corrected chi connectivity index (χ1v) is 11.3. The molecule has 5 nitrogen and oxygen atoms in total. The molecule has 3 aromatic heterocycles. The Kier molecular flexibility index (Phi) is 6.15. The summed E-state index contributed by atoms with van der Waals surface area (Å²) in [6.45, 7) is 2.70. The van der Waals surface area contributed by atoms with Crippen LogP contribution in [0.15, 0.2) is 73.2 Å². The molecule has 0 aliphatic carbocycles. The van der Waals surface area contributed by atoms with Gasteiger partial charge in [0.1, 0.15) is 11.5 Å². The lowest BCUT2D eigenvalue weighted by molar-refractivity contribution is -0.140. The Morgan fingerprint density at radius 3 is 2.44 bits per heavy atom. The number of hydrogen-bond acceptors (Lipinski definition) is 5. The maximum atomic E-state index is 13.4. The SMILES string of the molecule is FC(F)(F)c1ccc2c(NC3CCN(Cc4cccnc4)CC3)ncc(-c3ccccc3)c2n1. The number of piperidine rings is 1. The molecule has 34 heavy (non-hydrogen) atoms. The van der Waals surface area contributed by atoms with E-state index in [4.69, 9.17) is 0 Å². The summed E-state index contributed by atoms with van der Waals surface area (Å²) in [4.78, 5) is 15.2. The minimum atomic E-state index is -4.51. The van der Waals surface area contributed by atoms with Gasteiger partial charge in [-0.3, -0.25) is 9.88 Å². The van der Waals surface area contributed by atoms with Crippen LogP contribution in [0, 0.1) is 0 Å². The highest BCUT2D eigenvalue weighted by atomic mass is 19.4. The van der Waals surface area contributed by atoms with Gasteiger partial charge < -0.3 is 5.32 Å². The summed E-state index contributed by atoms with van der Waals surface area (Å²) in [5.74, 6) is 0.571. The van der Waals surface area contributed by atoms with Crippen molar-refractivity contribution in [3.8, 4) is 11.1 Å². The summed E-state index contributed by atoms with van der Waals surface area (Å²) < 4.78 is 40.2. The average molecular weight is 464 g/mol. The topological polar surface area (TPSA) is 53.9 Å². The number of anilines is 1. The molecule has 4 heterocycles. The highest BCUT2D eigenvalue weighted by Crippen LogP contribution is 2.35. The third-order valence-corrected chi connectivity index (χ3v) is 6.16. The van der Waals surface area contributed by atoms with Gasteiger partial charge in [-0.05, 0) is 42.2 Å². The second kappa shape index (κ2) is 9.38. The van der Waals surface area contributed by atoms with Gasteiger partial charge in [-0.25, -0.2) is 9.97 Å². The minimum absolute atomic E-state index is 0.186. The third-order valence-electron chi connectivity index (χ3n) is 6.16. The number of nitrogens with zero attached hydrogens (tertiary/aromatic N) is 4. The van der Waals surface area contributed by atoms with Crippen LogP contribution in [-0.4, -0.2) is 39.0 Å². The smallest absolute Gasteiger partial charge is 0.367 e. The second-order valence-electron chi connectivity index (χ2n) is 8.53. The summed E-state index contributed by atoms with van der Waals surface area (Å²) in [5, 5.41) is 4.06. The fourth-order valence-electron chi connectivity index (χ4n) is 4.40. The molecule has 0 saturated carbocycles. The molecule has 0 atom stereocenters. The number of rotatable bonds is 5. The van der Waals surface area contributed by atoms with Crippen LogP contribution in [0.25, 0.3) is 22.0 Å². The van der Waals surface area contributed by atoms with E-state index in [1.165, 1.54) is 11.6 Å². The van der Waals surface area contributed by atoms with Crippen molar-refractivity contribution in [1.82, 2.24) is 19.9 Å². The van der Waals surface area contributed by atoms with Crippen LogP contribution in [0.4, 0.5) is 19.0 Å². The Bertz CT molecular complexity index is 1250. The summed E-state index contributed by atoms with van der Waals surface area (Å²) >= 11 is 0. The van der Waals surface area contributed by atoms with Crippen molar-refractivity contribution in [1.29, 1.82) is 0 Å². The van der Waals surface area contributed by atoms with E-state index in [9.17, 15) is 13.2 Å². The van der Waals surface area contributed by atoms with E-state index in [0.717, 1.165) is 44.1 Å². The van der Waals surface area contributed by atoms with Crippen LogP contribution in [0.3, 0.4) is 0 Å². The van der Waals surface area contributed by atoms with Crippen molar-refractivity contribution in [2.24, 2.45) is 0 Å². The normalized spacial score (nSPS) is 15.5. The Morgan fingerprint density at radius 2 is 1.74 bits per heavy atom. The molecule has 1 fully saturated rings. The van der Waals surface area contributed by atoms with Gasteiger partial charge in [0.15, 0.2) is 0 Å². The molecule has 4 aromatic rings. The van der Waals surface area contributed by atoms with Gasteiger partial charge in [-0.15, -0.1) is 0 Å². The third kappa shape index (κ3) is 4.87. The van der Waals surface area contributed by atoms with E-state index in [-0.39, 0.29) is 6.04 Å². The molecule has 1 N–H and O–H groups in total. The Hall–Kier alpha value is -3.52. The number of likely N-dealkylation sites (tertiary alicyclic amines) is 1. The first-order valence-electron chi connectivity index (χ1n) is 11.3. The molecule has 0 bridgehead atoms. The summed E-state index contributed by atoms with van der Waals surface area (Å²) in [6, 6.07) is 16.0. The lowest BCUT2D eigenvalue weighted by atomic mass is 10.0. The lowest BCUT2D eigenvalue weighted by Crippen LogP contribution is -2.38. The Balaban J connectivity index is 1.39. The maximum Gasteiger partial charge on any atom is 0.433 e. The number of aromatic nitrogens is 3. The number of hydrogen-bond donors (Lipinski definition) is 1. The molecular weight excluding hydrogens is 439 g/mol. The summed E-state index contributed by atoms with van der Waals surface area (Å²) in [6.07, 6.45) is 2.59. The first kappa shape index (κ1) is 22.3. The van der Waals surface area contributed by atoms with Crippen LogP contribution in [0.2, 0.25) is 0 Å². The first-order chi connectivity index (χ1) is 16.5. The average Bonchev–Trinajstić information content (AvgIpc) is 2.86. The van der Waals surface area contributed by atoms with E-state index in [2.05, 4.69) is 31.2 Å². The van der Waals surface area contributed by atoms with Crippen molar-refractivity contribution in [2.45, 2.75) is 31.6 Å². The van der Waals surface area contributed by atoms with Crippen molar-refractivity contribution in [3.63, 3.8) is 0 Å². The van der Waals surface area contributed by atoms with E-state index in [0.29, 0.717) is 22.3 Å². The second-order valence-corrected chi connectivity index (χ2v) is 8.53. The molecule has 0 unspecified atom stereocenters. The molecular formula is C26H24F3N5. The van der Waals surface area contributed by atoms with Crippen LogP contribution in [-0.2, 0) is 12.7 Å². The quantitative estimate of drug-likeness (QED) is 0.406. The predicted octanol–water partition coefficient (Wildman–Crippen LogP) is 5.79. The van der Waals surface area contributed by atoms with Crippen molar-refractivity contribution < 1.29 is 13.2 Å². The monoisotopic (exact) mass is 463 g/mol. The van der Waals surface area contributed by atoms with Gasteiger partial charge >= 0.3 is 6.18 Å². The largest absolute Gasteiger partial charge is 0.433 e. The van der Waals surface area contributed by atoms with E-state index in [1.54, 1.807) is 12.4 Å². The van der Waals surface area contributed by atoms with Gasteiger partial charge in [0.2, 0.25) is 0 Å². The molecule has 5 rings (SSSR count). The molecule has 1 aliphatic heterocycles. The number of fused-ring (bicyclic) bond motifs is 1. The molecule has 1 aromatic carbocycles. The van der Waals surface area contributed by atoms with E-state index >= 15 is 0 Å². The standard InChI is InChI=1S/C26H24F3N5/c27-26(28,29)23-9-8-21-24(33-23)22(19-6-2-1-3-7-19)16-31-25(21)32-20-10-13-34(14-11-20)17-18-5-4-12-30-15-18/h1-9,12,15-16,20H,10-11,13-14,17H2,(H,31,32). The van der Waals surface area contributed by atoms with Crippen molar-refractivity contribution in [2.75, 3.05) is 18.4 Å². The Morgan fingerprint density at radius 1 is 0.941 bits per heavy atom. The molecule has 1 saturated heterocycles. The van der Waals surface area contributed by atoms with E-state index in [1.807, 2.05) is 42.6 Å². The predicted molar refractivity (Wildman–Crippen MR) is 126 cm³/mol. The summed E-state index contributed by atoms with van der Waals surface area (Å²) in [5.41, 5.74) is 1.94. The number of halogens is 3. The summed E-state index contributed by atoms with van der Waals surface area (Å²) in [7, 11) is 0. The lowest BCUT2D eigenvalue weighted by Gasteiger charge is -2.32. The number of nitrogens with one attached hydrogen (secondary N) is 1. The fourth-order valence-corrected chi connectivity index (χ4v) is 4.40. The van der Waals surface area contributed by atoms with Crippen LogP contribution < -0.4 is 5.32 Å². The number of alkyl halides is 3. The molecule has 0 amide bonds. The zero-order chi connectivity index (χ0) is 23.5. The van der Waals surface area contributed by atoms with Gasteiger partial charge in [0.05, 0.1) is 5.52 Å². The van der Waals surface area contributed by atoms with Gasteiger partial charge in [0.25, 0.3) is 0 Å². The molecule has 0 radical (unpaired) electrons. The van der Waals surface area contributed by atoms with Crippen molar-refractivity contribution in [3.05, 3.63) is 84.4 Å². The molecule has 174 valence electrons. The van der Waals surface area contributed by atoms with Gasteiger partial charge in [-0.1, -0.05) is 36.4 Å². The zero-order valence-corrected chi connectivity index (χ0v) is 18.5. The van der Waals surface area contributed by atoms with Gasteiger partial charge in [0, 0.05) is 55.2 Å². The highest BCUT2D eigenvalue weighted by molar-refractivity contribution is 5.99. The van der Waals surface area contributed by atoms with Crippen LogP contribution in [0.1, 0.15) is 24.1 Å². The fraction of sp³-hybridized carbons (Fsp3) is 0.269. The highest BCUT2D eigenvalue weighted by Gasteiger charge is 2.33. The Labute approximate surface area is 195 Å². The number of pyridine rings is 3. The maximum absolute atomic E-state index is 13.4. The molecule has 1 aliphatic rings.